The molecule has 0 unspecified atom stereocenters. The van der Waals surface area contributed by atoms with Crippen LogP contribution in [0, 0.1) is 0 Å². The standard InChI is InChI=1S/C21H63N14OP5/c1-26(2)37(21,27(3)4)22-38(25-41(36,34(17)18)35(19)20,23-39(28(5)6,29(7)8)30(9)10)24-40(31(11)12,32(13)14)33(15)16/h1-21H3. The van der Waals surface area contributed by atoms with E-state index in [9.17, 15) is 4.57 Å². The van der Waals surface area contributed by atoms with Crippen LogP contribution in [0.25, 0.3) is 0 Å². The quantitative estimate of drug-likeness (QED) is 0.226. The van der Waals surface area contributed by atoms with Gasteiger partial charge in [0.25, 0.3) is 0 Å². The largest absolute Gasteiger partial charge is 0.331 e. The van der Waals surface area contributed by atoms with Gasteiger partial charge in [-0.1, -0.05) is 0 Å². The Morgan fingerprint density at radius 1 is 0.341 bits per heavy atom. The van der Waals surface area contributed by atoms with Crippen molar-refractivity contribution in [1.82, 2.24) is 46.7 Å². The maximum Gasteiger partial charge on any atom is 0.331 e. The Balaban J connectivity index is 9.71. The third-order valence-electron chi connectivity index (χ3n) is 6.78. The van der Waals surface area contributed by atoms with E-state index in [1.54, 1.807) is 37.5 Å². The van der Waals surface area contributed by atoms with Crippen LogP contribution in [0.5, 0.6) is 0 Å². The van der Waals surface area contributed by atoms with E-state index in [0.717, 1.165) is 0 Å². The molecule has 0 aliphatic rings. The van der Waals surface area contributed by atoms with Gasteiger partial charge in [-0.2, -0.15) is 18.1 Å². The highest BCUT2D eigenvalue weighted by molar-refractivity contribution is 7.83. The molecule has 41 heavy (non-hydrogen) atoms. The lowest BCUT2D eigenvalue weighted by atomic mass is 11.2. The van der Waals surface area contributed by atoms with Crippen LogP contribution in [0.4, 0.5) is 0 Å². The molecule has 0 aromatic carbocycles. The molecular formula is C21H63N14OP5. The van der Waals surface area contributed by atoms with E-state index in [1.165, 1.54) is 0 Å². The molecule has 0 spiro atoms. The molecule has 0 aromatic rings. The fourth-order valence-electron chi connectivity index (χ4n) is 4.48. The summed E-state index contributed by atoms with van der Waals surface area (Å²) in [6, 6.07) is 0. The van der Waals surface area contributed by atoms with Gasteiger partial charge in [0.05, 0.1) is 0 Å². The molecule has 0 aliphatic heterocycles. The molecule has 0 amide bonds. The van der Waals surface area contributed by atoms with E-state index >= 15 is 0 Å². The summed E-state index contributed by atoms with van der Waals surface area (Å²) in [5.74, 6) is 0. The molecule has 0 N–H and O–H groups in total. The molecule has 0 saturated heterocycles. The molecular weight excluding hydrogens is 619 g/mol. The Morgan fingerprint density at radius 2 is 0.585 bits per heavy atom. The predicted octanol–water partition coefficient (Wildman–Crippen LogP) is 5.21. The topological polar surface area (TPSA) is 98.9 Å². The molecule has 0 aliphatic carbocycles. The van der Waals surface area contributed by atoms with E-state index in [4.69, 9.17) is 18.1 Å². The van der Waals surface area contributed by atoms with Crippen molar-refractivity contribution in [2.75, 3.05) is 148 Å². The first kappa shape index (κ1) is 41.8. The Morgan fingerprint density at radius 3 is 0.756 bits per heavy atom. The average Bonchev–Trinajstić information content (AvgIpc) is 2.78. The van der Waals surface area contributed by atoms with Gasteiger partial charge in [0.2, 0.25) is 0 Å². The van der Waals surface area contributed by atoms with E-state index in [-0.39, 0.29) is 0 Å². The van der Waals surface area contributed by atoms with Gasteiger partial charge in [-0.05, 0) is 148 Å². The van der Waals surface area contributed by atoms with Gasteiger partial charge in [-0.15, -0.1) is 0 Å². The summed E-state index contributed by atoms with van der Waals surface area (Å²) in [5, 5.41) is 0. The number of rotatable bonds is 14. The van der Waals surface area contributed by atoms with Crippen molar-refractivity contribution < 1.29 is 4.57 Å². The van der Waals surface area contributed by atoms with Crippen LogP contribution in [0.15, 0.2) is 18.1 Å². The van der Waals surface area contributed by atoms with E-state index in [0.29, 0.717) is 0 Å². The van der Waals surface area contributed by atoms with E-state index < -0.39 is 37.5 Å². The number of hydrogen-bond donors (Lipinski definition) is 0. The maximum absolute atomic E-state index is 14.9. The number of hydrogen-bond acceptors (Lipinski definition) is 1. The first-order valence-electron chi connectivity index (χ1n) is 13.2. The predicted molar refractivity (Wildman–Crippen MR) is 188 cm³/mol. The van der Waals surface area contributed by atoms with Crippen molar-refractivity contribution in [2.24, 2.45) is 18.1 Å². The molecule has 0 radical (unpaired) electrons. The van der Waals surface area contributed by atoms with Gasteiger partial charge in [0.15, 0.2) is 15.0 Å². The van der Waals surface area contributed by atoms with Gasteiger partial charge >= 0.3 is 15.1 Å². The molecule has 0 aromatic heterocycles. The molecule has 248 valence electrons. The Kier molecular flexibility index (Phi) is 15.6. The molecule has 0 bridgehead atoms. The highest BCUT2D eigenvalue weighted by Gasteiger charge is 2.42. The SMILES string of the molecule is CN(C)P(=O)(N=P(N=P(C)(N(C)C)N(C)C)(N=P(N(C)C)(N(C)C)N(C)C)N=P(N(C)C)(N(C)C)N(C)C)N(C)C. The first-order valence-corrected chi connectivity index (χ1v) is 21.6. The van der Waals surface area contributed by atoms with Crippen molar-refractivity contribution >= 4 is 37.5 Å². The van der Waals surface area contributed by atoms with Crippen LogP contribution in [0.2, 0.25) is 0 Å². The van der Waals surface area contributed by atoms with E-state index in [1.807, 2.05) is 113 Å². The van der Waals surface area contributed by atoms with Gasteiger partial charge in [0, 0.05) is 0 Å². The minimum absolute atomic E-state index is 1.69. The molecule has 0 fully saturated rings. The Hall–Kier alpha value is 0.750. The minimum atomic E-state index is -3.55. The Bertz CT molecular complexity index is 1010. The summed E-state index contributed by atoms with van der Waals surface area (Å²) in [4.78, 5) is 0. The Labute approximate surface area is 254 Å². The zero-order valence-corrected chi connectivity index (χ0v) is 34.4. The molecule has 20 heteroatoms. The lowest BCUT2D eigenvalue weighted by Gasteiger charge is -2.45. The van der Waals surface area contributed by atoms with Crippen LogP contribution in [-0.4, -0.2) is 194 Å². The molecule has 15 nitrogen and oxygen atoms in total. The van der Waals surface area contributed by atoms with Gasteiger partial charge in [-0.3, -0.25) is 41.9 Å². The molecule has 0 rings (SSSR count). The highest BCUT2D eigenvalue weighted by Crippen LogP contribution is 2.80. The van der Waals surface area contributed by atoms with Crippen molar-refractivity contribution in [2.45, 2.75) is 0 Å². The van der Waals surface area contributed by atoms with Crippen LogP contribution in [-0.2, 0) is 4.57 Å². The zero-order valence-electron chi connectivity index (χ0n) is 29.9. The minimum Gasteiger partial charge on any atom is -0.264 e. The van der Waals surface area contributed by atoms with Crippen LogP contribution in [0.1, 0.15) is 0 Å². The van der Waals surface area contributed by atoms with Crippen molar-refractivity contribution in [3.63, 3.8) is 0 Å². The monoisotopic (exact) mass is 682 g/mol. The van der Waals surface area contributed by atoms with Crippen molar-refractivity contribution in [3.8, 4) is 0 Å². The fraction of sp³-hybridized carbons (Fsp3) is 1.00. The van der Waals surface area contributed by atoms with Crippen LogP contribution < -0.4 is 0 Å². The zero-order chi connectivity index (χ0) is 33.1. The van der Waals surface area contributed by atoms with Crippen molar-refractivity contribution in [3.05, 3.63) is 0 Å². The number of nitrogens with zero attached hydrogens (tertiary/aromatic N) is 14. The van der Waals surface area contributed by atoms with Gasteiger partial charge in [0.1, 0.15) is 7.36 Å². The molecule has 0 saturated carbocycles. The fourth-order valence-corrected chi connectivity index (χ4v) is 25.0. The third kappa shape index (κ3) is 8.52. The summed E-state index contributed by atoms with van der Waals surface area (Å²) >= 11 is 0. The lowest BCUT2D eigenvalue weighted by Crippen LogP contribution is -2.31. The van der Waals surface area contributed by atoms with Gasteiger partial charge in [-0.25, -0.2) is 9.34 Å². The lowest BCUT2D eigenvalue weighted by molar-refractivity contribution is 0.450. The summed E-state index contributed by atoms with van der Waals surface area (Å²) < 4.78 is 58.0. The van der Waals surface area contributed by atoms with Gasteiger partial charge < -0.3 is 0 Å². The smallest absolute Gasteiger partial charge is 0.264 e. The normalized spacial score (nSPS) is 14.8. The summed E-state index contributed by atoms with van der Waals surface area (Å²) in [6.07, 6.45) is 0. The summed E-state index contributed by atoms with van der Waals surface area (Å²) in [7, 11) is 24.9. The second-order valence-electron chi connectivity index (χ2n) is 11.8. The second-order valence-corrected chi connectivity index (χ2v) is 28.7. The van der Waals surface area contributed by atoms with Crippen molar-refractivity contribution in [1.29, 1.82) is 0 Å². The third-order valence-corrected chi connectivity index (χ3v) is 26.4. The summed E-state index contributed by atoms with van der Waals surface area (Å²) in [5.41, 5.74) is 0. The van der Waals surface area contributed by atoms with Crippen LogP contribution >= 0.6 is 37.5 Å². The average molecular weight is 683 g/mol. The van der Waals surface area contributed by atoms with Crippen LogP contribution in [0.3, 0.4) is 0 Å². The highest BCUT2D eigenvalue weighted by atomic mass is 31.3. The second kappa shape index (κ2) is 15.4. The summed E-state index contributed by atoms with van der Waals surface area (Å²) in [6.45, 7) is 2.14. The molecule has 0 atom stereocenters. The first-order chi connectivity index (χ1) is 18.3. The molecule has 0 heterocycles. The maximum atomic E-state index is 14.9. The van der Waals surface area contributed by atoms with E-state index in [2.05, 4.69) is 44.0 Å².